The van der Waals surface area contributed by atoms with Crippen molar-refractivity contribution < 1.29 is 9.52 Å². The van der Waals surface area contributed by atoms with Crippen LogP contribution in [0.2, 0.25) is 0 Å². The SMILES string of the molecule is CC(O)(CCN)c1occc1Br. The van der Waals surface area contributed by atoms with Crippen molar-refractivity contribution >= 4 is 15.9 Å². The molecule has 0 fully saturated rings. The smallest absolute Gasteiger partial charge is 0.149 e. The Hall–Kier alpha value is -0.320. The molecule has 0 aliphatic heterocycles. The third kappa shape index (κ3) is 1.88. The fraction of sp³-hybridized carbons (Fsp3) is 0.500. The van der Waals surface area contributed by atoms with Gasteiger partial charge >= 0.3 is 0 Å². The Morgan fingerprint density at radius 1 is 1.75 bits per heavy atom. The number of hydrogen-bond acceptors (Lipinski definition) is 3. The van der Waals surface area contributed by atoms with Crippen LogP contribution in [0.25, 0.3) is 0 Å². The molecule has 1 heterocycles. The number of halogens is 1. The zero-order valence-corrected chi connectivity index (χ0v) is 8.47. The molecule has 4 heteroatoms. The molecule has 0 aliphatic carbocycles. The van der Waals surface area contributed by atoms with Gasteiger partial charge in [-0.1, -0.05) is 0 Å². The number of nitrogens with two attached hydrogens (primary N) is 1. The van der Waals surface area contributed by atoms with E-state index in [-0.39, 0.29) is 0 Å². The summed E-state index contributed by atoms with van der Waals surface area (Å²) in [5, 5.41) is 9.85. The number of furan rings is 1. The van der Waals surface area contributed by atoms with E-state index in [1.807, 2.05) is 0 Å². The lowest BCUT2D eigenvalue weighted by Gasteiger charge is -2.19. The molecular weight excluding hydrogens is 222 g/mol. The maximum absolute atomic E-state index is 9.85. The fourth-order valence-electron chi connectivity index (χ4n) is 1.07. The number of rotatable bonds is 3. The molecule has 0 saturated heterocycles. The highest BCUT2D eigenvalue weighted by Crippen LogP contribution is 2.31. The molecule has 0 saturated carbocycles. The normalized spacial score (nSPS) is 16.0. The van der Waals surface area contributed by atoms with E-state index in [0.717, 1.165) is 4.47 Å². The second-order valence-corrected chi connectivity index (χ2v) is 3.76. The molecule has 3 N–H and O–H groups in total. The summed E-state index contributed by atoms with van der Waals surface area (Å²) in [5.41, 5.74) is 4.38. The maximum atomic E-state index is 9.85. The summed E-state index contributed by atoms with van der Waals surface area (Å²) in [6.07, 6.45) is 2.02. The molecule has 1 aromatic rings. The molecule has 1 aromatic heterocycles. The summed E-state index contributed by atoms with van der Waals surface area (Å²) < 4.78 is 5.91. The Bertz CT molecular complexity index is 257. The van der Waals surface area contributed by atoms with Crippen molar-refractivity contribution in [2.75, 3.05) is 6.54 Å². The minimum absolute atomic E-state index is 0.431. The first-order valence-electron chi connectivity index (χ1n) is 3.74. The van der Waals surface area contributed by atoms with Crippen molar-refractivity contribution in [2.45, 2.75) is 18.9 Å². The van der Waals surface area contributed by atoms with Gasteiger partial charge in [-0.05, 0) is 41.9 Å². The minimum Gasteiger partial charge on any atom is -0.465 e. The third-order valence-electron chi connectivity index (χ3n) is 1.74. The molecule has 3 nitrogen and oxygen atoms in total. The predicted octanol–water partition coefficient (Wildman–Crippen LogP) is 1.60. The summed E-state index contributed by atoms with van der Waals surface area (Å²) >= 11 is 3.28. The van der Waals surface area contributed by atoms with E-state index in [4.69, 9.17) is 10.2 Å². The molecule has 1 unspecified atom stereocenters. The van der Waals surface area contributed by atoms with Gasteiger partial charge in [0.2, 0.25) is 0 Å². The van der Waals surface area contributed by atoms with E-state index in [9.17, 15) is 5.11 Å². The van der Waals surface area contributed by atoms with Gasteiger partial charge in [0, 0.05) is 0 Å². The lowest BCUT2D eigenvalue weighted by atomic mass is 10.00. The van der Waals surface area contributed by atoms with Crippen molar-refractivity contribution in [1.82, 2.24) is 0 Å². The molecule has 1 atom stereocenters. The van der Waals surface area contributed by atoms with Crippen molar-refractivity contribution in [3.8, 4) is 0 Å². The Morgan fingerprint density at radius 2 is 2.42 bits per heavy atom. The van der Waals surface area contributed by atoms with Crippen molar-refractivity contribution in [2.24, 2.45) is 5.73 Å². The van der Waals surface area contributed by atoms with Gasteiger partial charge in [0.15, 0.2) is 0 Å². The fourth-order valence-corrected chi connectivity index (χ4v) is 1.70. The van der Waals surface area contributed by atoms with Gasteiger partial charge < -0.3 is 15.3 Å². The van der Waals surface area contributed by atoms with E-state index in [0.29, 0.717) is 18.7 Å². The van der Waals surface area contributed by atoms with Crippen LogP contribution in [0.4, 0.5) is 0 Å². The maximum Gasteiger partial charge on any atom is 0.149 e. The van der Waals surface area contributed by atoms with E-state index >= 15 is 0 Å². The summed E-state index contributed by atoms with van der Waals surface area (Å²) in [5.74, 6) is 0.535. The molecular formula is C8H12BrNO2. The van der Waals surface area contributed by atoms with Crippen LogP contribution in [0.3, 0.4) is 0 Å². The van der Waals surface area contributed by atoms with E-state index in [1.165, 1.54) is 6.26 Å². The lowest BCUT2D eigenvalue weighted by Crippen LogP contribution is -2.24. The average Bonchev–Trinajstić information content (AvgIpc) is 2.35. The van der Waals surface area contributed by atoms with Gasteiger partial charge in [-0.2, -0.15) is 0 Å². The molecule has 68 valence electrons. The Kier molecular flexibility index (Phi) is 2.93. The third-order valence-corrected chi connectivity index (χ3v) is 2.36. The Balaban J connectivity index is 2.88. The Labute approximate surface area is 79.7 Å². The molecule has 1 rings (SSSR count). The first-order valence-corrected chi connectivity index (χ1v) is 4.53. The highest BCUT2D eigenvalue weighted by Gasteiger charge is 2.27. The van der Waals surface area contributed by atoms with E-state index in [1.54, 1.807) is 13.0 Å². The molecule has 12 heavy (non-hydrogen) atoms. The van der Waals surface area contributed by atoms with Crippen LogP contribution in [0.1, 0.15) is 19.1 Å². The van der Waals surface area contributed by atoms with Crippen molar-refractivity contribution in [1.29, 1.82) is 0 Å². The van der Waals surface area contributed by atoms with Crippen molar-refractivity contribution in [3.05, 3.63) is 22.6 Å². The standard InChI is InChI=1S/C8H12BrNO2/c1-8(11,3-4-10)7-6(9)2-5-12-7/h2,5,11H,3-4,10H2,1H3. The van der Waals surface area contributed by atoms with Gasteiger partial charge in [0.05, 0.1) is 10.7 Å². The molecule has 0 spiro atoms. The molecule has 0 radical (unpaired) electrons. The highest BCUT2D eigenvalue weighted by molar-refractivity contribution is 9.10. The van der Waals surface area contributed by atoms with Crippen LogP contribution in [0.5, 0.6) is 0 Å². The zero-order chi connectivity index (χ0) is 9.19. The van der Waals surface area contributed by atoms with E-state index < -0.39 is 5.60 Å². The topological polar surface area (TPSA) is 59.4 Å². The summed E-state index contributed by atoms with van der Waals surface area (Å²) in [7, 11) is 0. The van der Waals surface area contributed by atoms with Gasteiger partial charge in [-0.15, -0.1) is 0 Å². The predicted molar refractivity (Wildman–Crippen MR) is 49.7 cm³/mol. The van der Waals surface area contributed by atoms with Gasteiger partial charge in [0.25, 0.3) is 0 Å². The summed E-state index contributed by atoms with van der Waals surface area (Å²) in [4.78, 5) is 0. The highest BCUT2D eigenvalue weighted by atomic mass is 79.9. The number of aliphatic hydroxyl groups is 1. The molecule has 0 amide bonds. The Morgan fingerprint density at radius 3 is 2.83 bits per heavy atom. The van der Waals surface area contributed by atoms with Crippen molar-refractivity contribution in [3.63, 3.8) is 0 Å². The van der Waals surface area contributed by atoms with Crippen LogP contribution in [-0.2, 0) is 5.60 Å². The first-order chi connectivity index (χ1) is 5.58. The molecule has 0 aliphatic rings. The van der Waals surface area contributed by atoms with Gasteiger partial charge in [-0.25, -0.2) is 0 Å². The summed E-state index contributed by atoms with van der Waals surface area (Å²) in [6.45, 7) is 2.11. The average molecular weight is 234 g/mol. The first kappa shape index (κ1) is 9.77. The van der Waals surface area contributed by atoms with Crippen LogP contribution in [-0.4, -0.2) is 11.7 Å². The largest absolute Gasteiger partial charge is 0.465 e. The van der Waals surface area contributed by atoms with Crippen LogP contribution in [0.15, 0.2) is 21.2 Å². The van der Waals surface area contributed by atoms with Crippen LogP contribution in [0, 0.1) is 0 Å². The summed E-state index contributed by atoms with van der Waals surface area (Å²) in [6, 6.07) is 1.75. The van der Waals surface area contributed by atoms with E-state index in [2.05, 4.69) is 15.9 Å². The second-order valence-electron chi connectivity index (χ2n) is 2.91. The van der Waals surface area contributed by atoms with Gasteiger partial charge in [-0.3, -0.25) is 0 Å². The minimum atomic E-state index is -0.975. The molecule has 0 aromatic carbocycles. The van der Waals surface area contributed by atoms with Crippen LogP contribution >= 0.6 is 15.9 Å². The quantitative estimate of drug-likeness (QED) is 0.834. The lowest BCUT2D eigenvalue weighted by molar-refractivity contribution is 0.0269. The van der Waals surface area contributed by atoms with Crippen LogP contribution < -0.4 is 5.73 Å². The molecule has 0 bridgehead atoms. The second kappa shape index (κ2) is 3.60. The van der Waals surface area contributed by atoms with Gasteiger partial charge in [0.1, 0.15) is 11.4 Å². The number of hydrogen-bond donors (Lipinski definition) is 2. The zero-order valence-electron chi connectivity index (χ0n) is 6.88. The monoisotopic (exact) mass is 233 g/mol.